The number of aliphatic imine (C=N–C) groups is 1. The van der Waals surface area contributed by atoms with Crippen LogP contribution < -0.4 is 11.1 Å². The van der Waals surface area contributed by atoms with Gasteiger partial charge in [-0.15, -0.1) is 0 Å². The number of nitro benzene ring substituents is 1. The molecule has 64 heavy (non-hydrogen) atoms. The van der Waals surface area contributed by atoms with E-state index in [0.29, 0.717) is 5.56 Å². The van der Waals surface area contributed by atoms with Crippen molar-refractivity contribution < 1.29 is 43.0 Å². The van der Waals surface area contributed by atoms with E-state index in [0.717, 1.165) is 4.57 Å². The molecule has 2 aromatic heterocycles. The van der Waals surface area contributed by atoms with Crippen LogP contribution in [-0.2, 0) is 50.3 Å². The number of nitro groups is 1. The molecule has 4 aromatic carbocycles. The lowest BCUT2D eigenvalue weighted by Crippen LogP contribution is -2.42. The number of rotatable bonds is 16. The first-order chi connectivity index (χ1) is 30.9. The van der Waals surface area contributed by atoms with Crippen LogP contribution in [0.25, 0.3) is 11.2 Å². The molecule has 19 nitrogen and oxygen atoms in total. The van der Waals surface area contributed by atoms with Crippen molar-refractivity contribution in [3.8, 4) is 0 Å². The van der Waals surface area contributed by atoms with E-state index in [-0.39, 0.29) is 58.1 Å². The molecule has 0 spiro atoms. The average molecular weight is 872 g/mol. The zero-order chi connectivity index (χ0) is 45.3. The fourth-order valence-electron chi connectivity index (χ4n) is 6.65. The van der Waals surface area contributed by atoms with Gasteiger partial charge in [-0.1, -0.05) is 66.7 Å². The third kappa shape index (κ3) is 10.2. The van der Waals surface area contributed by atoms with Gasteiger partial charge in [0.15, 0.2) is 29.7 Å². The van der Waals surface area contributed by atoms with Gasteiger partial charge in [-0.2, -0.15) is 4.98 Å². The molecule has 19 heteroatoms. The molecule has 1 aliphatic rings. The molecule has 1 saturated heterocycles. The van der Waals surface area contributed by atoms with Crippen molar-refractivity contribution in [2.45, 2.75) is 44.2 Å². The van der Waals surface area contributed by atoms with Crippen LogP contribution in [0.5, 0.6) is 0 Å². The van der Waals surface area contributed by atoms with Crippen LogP contribution in [0.15, 0.2) is 130 Å². The summed E-state index contributed by atoms with van der Waals surface area (Å²) in [5.41, 5.74) is -0.680. The summed E-state index contributed by atoms with van der Waals surface area (Å²) in [5, 5.41) is 11.2. The summed E-state index contributed by atoms with van der Waals surface area (Å²) in [6.07, 6.45) is -3.98. The normalized spacial score (nSPS) is 17.0. The Morgan fingerprint density at radius 1 is 0.797 bits per heavy atom. The largest absolute Gasteiger partial charge is 0.459 e. The molecule has 0 aliphatic carbocycles. The molecule has 4 atom stereocenters. The Bertz CT molecular complexity index is 2800. The quantitative estimate of drug-likeness (QED) is 0.0328. The smallest absolute Gasteiger partial charge is 0.338 e. The minimum atomic E-state index is -1.54. The van der Waals surface area contributed by atoms with Crippen molar-refractivity contribution in [1.29, 1.82) is 0 Å². The Morgan fingerprint density at radius 2 is 1.36 bits per heavy atom. The van der Waals surface area contributed by atoms with Crippen molar-refractivity contribution >= 4 is 47.0 Å². The molecule has 0 unspecified atom stereocenters. The highest BCUT2D eigenvalue weighted by atomic mass is 16.7. The zero-order valence-corrected chi connectivity index (χ0v) is 34.7. The van der Waals surface area contributed by atoms with E-state index in [4.69, 9.17) is 23.7 Å². The van der Waals surface area contributed by atoms with Crippen molar-refractivity contribution in [3.63, 3.8) is 0 Å². The maximum absolute atomic E-state index is 14.2. The first-order valence-corrected chi connectivity index (χ1v) is 19.8. The van der Waals surface area contributed by atoms with Gasteiger partial charge in [0.1, 0.15) is 18.4 Å². The van der Waals surface area contributed by atoms with E-state index < -0.39 is 71.8 Å². The Balaban J connectivity index is 1.22. The van der Waals surface area contributed by atoms with Gasteiger partial charge in [0.25, 0.3) is 16.8 Å². The second-order valence-electron chi connectivity index (χ2n) is 14.6. The summed E-state index contributed by atoms with van der Waals surface area (Å²) < 4.78 is 32.2. The third-order valence-electron chi connectivity index (χ3n) is 9.94. The summed E-state index contributed by atoms with van der Waals surface area (Å²) in [4.78, 5) is 93.9. The monoisotopic (exact) mass is 871 g/mol. The summed E-state index contributed by atoms with van der Waals surface area (Å²) in [5.74, 6) is -2.34. The molecule has 0 radical (unpaired) electrons. The second kappa shape index (κ2) is 19.9. The standard InChI is InChI=1S/C45H41N7O12/c1-49(2)27-46-45-48-38-35(40(54)51(45)24-23-28-19-21-32(22-20-28)52(58)59)47-33(39(53)50(38)3)25-61-44-37(64-43(57)31-17-11-6-12-18-31)36(63-42(56)30-15-9-5-10-16-30)34(62-44)26-60-41(55)29-13-7-4-8-14-29/h4-22,27,34,36-37,44H,23-26H2,1-3H3/b46-27+/t34-,36-,37-,44-/m1/s1. The van der Waals surface area contributed by atoms with Crippen LogP contribution in [-0.4, -0.2) is 98.5 Å². The Kier molecular flexibility index (Phi) is 13.7. The number of esters is 3. The minimum Gasteiger partial charge on any atom is -0.459 e. The predicted molar refractivity (Wildman–Crippen MR) is 229 cm³/mol. The maximum Gasteiger partial charge on any atom is 0.338 e. The SMILES string of the molecule is CN(C)/C=N/c1nc2c(nc(CO[C@@H]3O[C@H](COC(=O)c4ccccc4)[C@@H](OC(=O)c4ccccc4)[C@H]3OC(=O)c3ccccc3)c(=O)n2C)c(=O)n1CCc1ccc([N+](=O)[O-])cc1. The number of fused-ring (bicyclic) bond motifs is 1. The van der Waals surface area contributed by atoms with Gasteiger partial charge in [0, 0.05) is 39.8 Å². The topological polar surface area (TPSA) is 226 Å². The summed E-state index contributed by atoms with van der Waals surface area (Å²) in [6.45, 7) is -1.04. The molecule has 0 bridgehead atoms. The van der Waals surface area contributed by atoms with Crippen LogP contribution in [0.4, 0.5) is 11.6 Å². The number of carbonyl (C=O) groups is 3. The van der Waals surface area contributed by atoms with Gasteiger partial charge in [-0.25, -0.2) is 24.4 Å². The molecular weight excluding hydrogens is 831 g/mol. The van der Waals surface area contributed by atoms with Gasteiger partial charge < -0.3 is 28.6 Å². The highest BCUT2D eigenvalue weighted by Crippen LogP contribution is 2.31. The van der Waals surface area contributed by atoms with Gasteiger partial charge in [-0.05, 0) is 48.4 Å². The molecule has 328 valence electrons. The molecule has 7 rings (SSSR count). The Morgan fingerprint density at radius 3 is 1.92 bits per heavy atom. The van der Waals surface area contributed by atoms with Crippen molar-refractivity contribution in [1.82, 2.24) is 24.0 Å². The zero-order valence-electron chi connectivity index (χ0n) is 34.7. The van der Waals surface area contributed by atoms with E-state index in [1.807, 2.05) is 0 Å². The molecule has 0 amide bonds. The van der Waals surface area contributed by atoms with Gasteiger partial charge >= 0.3 is 17.9 Å². The third-order valence-corrected chi connectivity index (χ3v) is 9.94. The highest BCUT2D eigenvalue weighted by Gasteiger charge is 2.51. The fourth-order valence-corrected chi connectivity index (χ4v) is 6.65. The summed E-state index contributed by atoms with van der Waals surface area (Å²) in [6, 6.07) is 30.1. The highest BCUT2D eigenvalue weighted by molar-refractivity contribution is 5.91. The number of hydrogen-bond acceptors (Lipinski definition) is 15. The number of aryl methyl sites for hydroxylation is 2. The van der Waals surface area contributed by atoms with E-state index in [2.05, 4.69) is 15.0 Å². The van der Waals surface area contributed by atoms with Crippen LogP contribution >= 0.6 is 0 Å². The van der Waals surface area contributed by atoms with Crippen LogP contribution in [0, 0.1) is 10.1 Å². The minimum absolute atomic E-state index is 0.0218. The van der Waals surface area contributed by atoms with Crippen LogP contribution in [0.1, 0.15) is 42.3 Å². The second-order valence-corrected chi connectivity index (χ2v) is 14.6. The number of nitrogens with zero attached hydrogens (tertiary/aromatic N) is 7. The van der Waals surface area contributed by atoms with E-state index in [1.54, 1.807) is 97.9 Å². The van der Waals surface area contributed by atoms with Gasteiger partial charge in [-0.3, -0.25) is 28.8 Å². The van der Waals surface area contributed by atoms with Crippen molar-refractivity contribution in [2.75, 3.05) is 20.7 Å². The molecular formula is C45H41N7O12. The summed E-state index contributed by atoms with van der Waals surface area (Å²) in [7, 11) is 4.85. The number of aromatic nitrogens is 4. The van der Waals surface area contributed by atoms with Crippen LogP contribution in [0.2, 0.25) is 0 Å². The van der Waals surface area contributed by atoms with Gasteiger partial charge in [0.05, 0.1) is 34.6 Å². The van der Waals surface area contributed by atoms with E-state index in [9.17, 15) is 34.1 Å². The number of ether oxygens (including phenoxy) is 5. The summed E-state index contributed by atoms with van der Waals surface area (Å²) >= 11 is 0. The first kappa shape index (κ1) is 44.2. The fraction of sp³-hybridized carbons (Fsp3) is 0.244. The van der Waals surface area contributed by atoms with Crippen LogP contribution in [0.3, 0.4) is 0 Å². The predicted octanol–water partition coefficient (Wildman–Crippen LogP) is 4.41. The first-order valence-electron chi connectivity index (χ1n) is 19.8. The number of non-ortho nitro benzene ring substituents is 1. The molecule has 6 aromatic rings. The lowest BCUT2D eigenvalue weighted by atomic mass is 10.1. The Hall–Kier alpha value is -7.90. The maximum atomic E-state index is 14.2. The van der Waals surface area contributed by atoms with E-state index in [1.165, 1.54) is 54.4 Å². The van der Waals surface area contributed by atoms with Gasteiger partial charge in [0.2, 0.25) is 5.95 Å². The molecule has 0 saturated carbocycles. The number of carbonyl (C=O) groups excluding carboxylic acids is 3. The lowest BCUT2D eigenvalue weighted by Gasteiger charge is -2.24. The van der Waals surface area contributed by atoms with Crippen molar-refractivity contribution in [3.05, 3.63) is 174 Å². The van der Waals surface area contributed by atoms with E-state index >= 15 is 0 Å². The molecule has 1 fully saturated rings. The van der Waals surface area contributed by atoms with Crippen molar-refractivity contribution in [2.24, 2.45) is 12.0 Å². The average Bonchev–Trinajstić information content (AvgIpc) is 3.63. The number of hydrogen-bond donors (Lipinski definition) is 0. The Labute approximate surface area is 364 Å². The molecule has 3 heterocycles. The number of benzene rings is 4. The lowest BCUT2D eigenvalue weighted by molar-refractivity contribution is -0.384. The molecule has 1 aliphatic heterocycles. The molecule has 0 N–H and O–H groups in total.